The minimum atomic E-state index is -0.694. The minimum Gasteiger partial charge on any atom is -0.356 e. The largest absolute Gasteiger partial charge is 0.356 e. The zero-order chi connectivity index (χ0) is 18.3. The first-order valence-electron chi connectivity index (χ1n) is 8.17. The van der Waals surface area contributed by atoms with E-state index in [-0.39, 0.29) is 5.82 Å². The standard InChI is InChI=1S/C21H14FN3O/c1-2-19(26)25-15(12-23)11-17-16-5-3-4-6-18(16)24-20(17)21(25)13-7-9-14(22)10-8-13/h1,3-10,15,21,24H,11H2/t15-,21+/m1/s1. The number of amides is 1. The summed E-state index contributed by atoms with van der Waals surface area (Å²) in [4.78, 5) is 17.2. The molecule has 26 heavy (non-hydrogen) atoms. The van der Waals surface area contributed by atoms with Gasteiger partial charge in [-0.1, -0.05) is 30.3 Å². The van der Waals surface area contributed by atoms with Gasteiger partial charge < -0.3 is 9.88 Å². The molecule has 1 aromatic heterocycles. The molecular weight excluding hydrogens is 329 g/mol. The highest BCUT2D eigenvalue weighted by Crippen LogP contribution is 2.40. The van der Waals surface area contributed by atoms with Gasteiger partial charge in [0, 0.05) is 23.0 Å². The van der Waals surface area contributed by atoms with Crippen molar-refractivity contribution in [2.75, 3.05) is 0 Å². The number of aromatic amines is 1. The molecule has 0 spiro atoms. The first-order chi connectivity index (χ1) is 12.6. The van der Waals surface area contributed by atoms with Crippen molar-refractivity contribution in [2.24, 2.45) is 0 Å². The third kappa shape index (κ3) is 2.34. The zero-order valence-corrected chi connectivity index (χ0v) is 13.7. The monoisotopic (exact) mass is 343 g/mol. The van der Waals surface area contributed by atoms with E-state index in [0.29, 0.717) is 12.0 Å². The van der Waals surface area contributed by atoms with Crippen LogP contribution in [0.1, 0.15) is 22.9 Å². The van der Waals surface area contributed by atoms with Crippen molar-refractivity contribution in [1.82, 2.24) is 9.88 Å². The van der Waals surface area contributed by atoms with Gasteiger partial charge in [-0.3, -0.25) is 4.79 Å². The number of terminal acetylenes is 1. The van der Waals surface area contributed by atoms with E-state index in [1.54, 1.807) is 12.1 Å². The third-order valence-corrected chi connectivity index (χ3v) is 4.82. The van der Waals surface area contributed by atoms with E-state index in [2.05, 4.69) is 17.0 Å². The maximum Gasteiger partial charge on any atom is 0.300 e. The van der Waals surface area contributed by atoms with Gasteiger partial charge in [0.05, 0.1) is 12.1 Å². The molecule has 1 aliphatic rings. The number of hydrogen-bond donors (Lipinski definition) is 1. The number of nitriles is 1. The van der Waals surface area contributed by atoms with Gasteiger partial charge >= 0.3 is 0 Å². The smallest absolute Gasteiger partial charge is 0.300 e. The number of benzene rings is 2. The molecule has 0 aliphatic carbocycles. The summed E-state index contributed by atoms with van der Waals surface area (Å²) in [6.45, 7) is 0. The Morgan fingerprint density at radius 2 is 1.96 bits per heavy atom. The van der Waals surface area contributed by atoms with Gasteiger partial charge in [0.2, 0.25) is 0 Å². The molecule has 0 unspecified atom stereocenters. The number of carbonyl (C=O) groups is 1. The number of nitrogens with zero attached hydrogens (tertiary/aromatic N) is 2. The molecule has 0 radical (unpaired) electrons. The molecule has 2 aromatic carbocycles. The summed E-state index contributed by atoms with van der Waals surface area (Å²) in [5.41, 5.74) is 3.43. The van der Waals surface area contributed by atoms with E-state index in [1.165, 1.54) is 17.0 Å². The third-order valence-electron chi connectivity index (χ3n) is 4.82. The molecule has 1 amide bonds. The highest BCUT2D eigenvalue weighted by atomic mass is 19.1. The van der Waals surface area contributed by atoms with Crippen LogP contribution in [0.4, 0.5) is 4.39 Å². The van der Waals surface area contributed by atoms with Crippen LogP contribution in [0, 0.1) is 29.5 Å². The number of halogens is 1. The number of rotatable bonds is 1. The second kappa shape index (κ2) is 6.06. The molecule has 5 heteroatoms. The average Bonchev–Trinajstić information content (AvgIpc) is 3.05. The minimum absolute atomic E-state index is 0.368. The maximum atomic E-state index is 13.4. The van der Waals surface area contributed by atoms with Crippen LogP contribution in [0.5, 0.6) is 0 Å². The lowest BCUT2D eigenvalue weighted by Crippen LogP contribution is -2.46. The van der Waals surface area contributed by atoms with Crippen LogP contribution in [0.15, 0.2) is 48.5 Å². The molecule has 2 atom stereocenters. The Hall–Kier alpha value is -3.57. The normalized spacial score (nSPS) is 18.8. The number of H-pyrrole nitrogens is 1. The Morgan fingerprint density at radius 3 is 2.65 bits per heavy atom. The van der Waals surface area contributed by atoms with Crippen LogP contribution in [0.3, 0.4) is 0 Å². The molecule has 0 saturated heterocycles. The number of aromatic nitrogens is 1. The zero-order valence-electron chi connectivity index (χ0n) is 13.7. The fourth-order valence-electron chi connectivity index (χ4n) is 3.70. The second-order valence-corrected chi connectivity index (χ2v) is 6.22. The number of nitrogens with one attached hydrogen (secondary N) is 1. The van der Waals surface area contributed by atoms with E-state index in [0.717, 1.165) is 22.2 Å². The summed E-state index contributed by atoms with van der Waals surface area (Å²) >= 11 is 0. The second-order valence-electron chi connectivity index (χ2n) is 6.22. The molecule has 126 valence electrons. The molecule has 1 aliphatic heterocycles. The molecule has 0 bridgehead atoms. The molecule has 4 rings (SSSR count). The van der Waals surface area contributed by atoms with E-state index in [4.69, 9.17) is 6.42 Å². The van der Waals surface area contributed by atoms with E-state index < -0.39 is 18.0 Å². The first-order valence-corrected chi connectivity index (χ1v) is 8.17. The van der Waals surface area contributed by atoms with Crippen molar-refractivity contribution >= 4 is 16.8 Å². The Balaban J connectivity index is 1.99. The molecule has 0 saturated carbocycles. The molecular formula is C21H14FN3O. The summed E-state index contributed by atoms with van der Waals surface area (Å²) in [5, 5.41) is 10.7. The SMILES string of the molecule is C#CC(=O)N1[C@@H](c2ccc(F)cc2)c2[nH]c3ccccc3c2C[C@@H]1C#N. The van der Waals surface area contributed by atoms with Crippen LogP contribution in [-0.4, -0.2) is 21.8 Å². The van der Waals surface area contributed by atoms with Gasteiger partial charge in [0.25, 0.3) is 5.91 Å². The maximum absolute atomic E-state index is 13.4. The Labute approximate surface area is 149 Å². The van der Waals surface area contributed by atoms with Crippen molar-refractivity contribution in [3.63, 3.8) is 0 Å². The fourth-order valence-corrected chi connectivity index (χ4v) is 3.70. The summed E-state index contributed by atoms with van der Waals surface area (Å²) in [6, 6.07) is 14.6. The van der Waals surface area contributed by atoms with Gasteiger partial charge in [-0.15, -0.1) is 6.42 Å². The van der Waals surface area contributed by atoms with Crippen molar-refractivity contribution in [2.45, 2.75) is 18.5 Å². The fraction of sp³-hybridized carbons (Fsp3) is 0.143. The van der Waals surface area contributed by atoms with Gasteiger partial charge in [-0.25, -0.2) is 4.39 Å². The van der Waals surface area contributed by atoms with E-state index in [1.807, 2.05) is 24.3 Å². The molecule has 4 nitrogen and oxygen atoms in total. The van der Waals surface area contributed by atoms with Crippen LogP contribution >= 0.6 is 0 Å². The van der Waals surface area contributed by atoms with Crippen molar-refractivity contribution < 1.29 is 9.18 Å². The molecule has 3 aromatic rings. The van der Waals surface area contributed by atoms with Gasteiger partial charge in [-0.2, -0.15) is 5.26 Å². The van der Waals surface area contributed by atoms with Crippen LogP contribution in [0.2, 0.25) is 0 Å². The summed E-state index contributed by atoms with van der Waals surface area (Å²) in [7, 11) is 0. The number of hydrogen-bond acceptors (Lipinski definition) is 2. The predicted molar refractivity (Wildman–Crippen MR) is 95.3 cm³/mol. The van der Waals surface area contributed by atoms with E-state index in [9.17, 15) is 14.4 Å². The van der Waals surface area contributed by atoms with Crippen LogP contribution in [-0.2, 0) is 11.2 Å². The lowest BCUT2D eigenvalue weighted by molar-refractivity contribution is -0.128. The lowest BCUT2D eigenvalue weighted by Gasteiger charge is -2.38. The summed E-state index contributed by atoms with van der Waals surface area (Å²) in [6.07, 6.45) is 5.75. The summed E-state index contributed by atoms with van der Waals surface area (Å²) in [5.74, 6) is 1.20. The summed E-state index contributed by atoms with van der Waals surface area (Å²) < 4.78 is 13.4. The van der Waals surface area contributed by atoms with Gasteiger partial charge in [-0.05, 0) is 35.2 Å². The highest BCUT2D eigenvalue weighted by Gasteiger charge is 2.40. The van der Waals surface area contributed by atoms with Gasteiger partial charge in [0.15, 0.2) is 0 Å². The Bertz CT molecular complexity index is 1090. The highest BCUT2D eigenvalue weighted by molar-refractivity contribution is 5.95. The lowest BCUT2D eigenvalue weighted by atomic mass is 9.88. The van der Waals surface area contributed by atoms with Crippen molar-refractivity contribution in [1.29, 1.82) is 5.26 Å². The van der Waals surface area contributed by atoms with Crippen LogP contribution < -0.4 is 0 Å². The van der Waals surface area contributed by atoms with Gasteiger partial charge in [0.1, 0.15) is 11.9 Å². The number of carbonyl (C=O) groups excluding carboxylic acids is 1. The number of para-hydroxylation sites is 1. The van der Waals surface area contributed by atoms with Crippen molar-refractivity contribution in [3.05, 3.63) is 71.2 Å². The van der Waals surface area contributed by atoms with E-state index >= 15 is 0 Å². The predicted octanol–water partition coefficient (Wildman–Crippen LogP) is 3.31. The quantitative estimate of drug-likeness (QED) is 0.689. The topological polar surface area (TPSA) is 59.9 Å². The molecule has 1 N–H and O–H groups in total. The number of fused-ring (bicyclic) bond motifs is 3. The average molecular weight is 343 g/mol. The first kappa shape index (κ1) is 15.9. The Kier molecular flexibility index (Phi) is 3.71. The Morgan fingerprint density at radius 1 is 1.23 bits per heavy atom. The molecule has 0 fully saturated rings. The van der Waals surface area contributed by atoms with Crippen molar-refractivity contribution in [3.8, 4) is 18.4 Å². The van der Waals surface area contributed by atoms with Crippen LogP contribution in [0.25, 0.3) is 10.9 Å². The molecule has 2 heterocycles.